The van der Waals surface area contributed by atoms with E-state index >= 15 is 0 Å². The number of hydrogen-bond donors (Lipinski definition) is 3. The van der Waals surface area contributed by atoms with E-state index in [1.165, 1.54) is 12.1 Å². The second-order valence-electron chi connectivity index (χ2n) is 6.87. The molecule has 1 saturated carbocycles. The molecule has 2 aromatic carbocycles. The largest absolute Gasteiger partial charge is 0.322 e. The predicted molar refractivity (Wildman–Crippen MR) is 104 cm³/mol. The van der Waals surface area contributed by atoms with Gasteiger partial charge in [0.1, 0.15) is 5.82 Å². The Balaban J connectivity index is 1.52. The number of aromatic nitrogens is 3. The predicted octanol–water partition coefficient (Wildman–Crippen LogP) is 2.56. The lowest BCUT2D eigenvalue weighted by molar-refractivity contribution is 0.102. The Labute approximate surface area is 162 Å². The number of hydrogen-bond acceptors (Lipinski definition) is 5. The van der Waals surface area contributed by atoms with E-state index in [4.69, 9.17) is 5.14 Å². The zero-order chi connectivity index (χ0) is 19.9. The Morgan fingerprint density at radius 1 is 1.18 bits per heavy atom. The number of primary sulfonamides is 1. The Bertz CT molecular complexity index is 1150. The fourth-order valence-electron chi connectivity index (χ4n) is 2.87. The van der Waals surface area contributed by atoms with Gasteiger partial charge in [0, 0.05) is 22.7 Å². The minimum Gasteiger partial charge on any atom is -0.322 e. The smallest absolute Gasteiger partial charge is 0.255 e. The molecule has 0 aliphatic heterocycles. The first-order chi connectivity index (χ1) is 13.3. The van der Waals surface area contributed by atoms with Gasteiger partial charge in [0.25, 0.3) is 5.91 Å². The van der Waals surface area contributed by atoms with Gasteiger partial charge in [0.15, 0.2) is 5.82 Å². The quantitative estimate of drug-likeness (QED) is 0.609. The molecular formula is C19H19N5O3S. The fraction of sp³-hybridized carbons (Fsp3) is 0.211. The molecule has 1 aliphatic rings. The van der Waals surface area contributed by atoms with Crippen molar-refractivity contribution in [1.82, 2.24) is 15.2 Å². The first-order valence-electron chi connectivity index (χ1n) is 8.79. The van der Waals surface area contributed by atoms with E-state index in [1.807, 2.05) is 12.1 Å². The van der Waals surface area contributed by atoms with E-state index in [-0.39, 0.29) is 10.5 Å². The van der Waals surface area contributed by atoms with Crippen molar-refractivity contribution in [2.45, 2.75) is 30.6 Å². The van der Waals surface area contributed by atoms with E-state index in [0.717, 1.165) is 24.2 Å². The van der Waals surface area contributed by atoms with Crippen LogP contribution in [0, 0.1) is 6.92 Å². The number of nitrogens with zero attached hydrogens (tertiary/aromatic N) is 2. The van der Waals surface area contributed by atoms with E-state index in [0.29, 0.717) is 23.0 Å². The van der Waals surface area contributed by atoms with Crippen LogP contribution in [0.4, 0.5) is 5.69 Å². The summed E-state index contributed by atoms with van der Waals surface area (Å²) in [5, 5.41) is 15.1. The molecule has 0 spiro atoms. The summed E-state index contributed by atoms with van der Waals surface area (Å²) in [5.74, 6) is 1.62. The number of carbonyl (C=O) groups excluding carboxylic acids is 1. The minimum absolute atomic E-state index is 0.102. The van der Waals surface area contributed by atoms with Crippen LogP contribution in [0.1, 0.15) is 40.5 Å². The number of rotatable bonds is 5. The highest BCUT2D eigenvalue weighted by Gasteiger charge is 2.27. The number of sulfonamides is 1. The summed E-state index contributed by atoms with van der Waals surface area (Å²) in [7, 11) is -3.88. The molecule has 1 amide bonds. The lowest BCUT2D eigenvalue weighted by Crippen LogP contribution is -2.17. The van der Waals surface area contributed by atoms with Gasteiger partial charge in [-0.1, -0.05) is 6.07 Å². The third-order valence-corrected chi connectivity index (χ3v) is 5.56. The van der Waals surface area contributed by atoms with Crippen LogP contribution in [0.15, 0.2) is 47.4 Å². The van der Waals surface area contributed by atoms with Crippen molar-refractivity contribution in [2.75, 3.05) is 5.32 Å². The molecule has 0 radical (unpaired) electrons. The van der Waals surface area contributed by atoms with Crippen LogP contribution in [-0.2, 0) is 10.0 Å². The van der Waals surface area contributed by atoms with Crippen molar-refractivity contribution in [3.05, 3.63) is 59.4 Å². The number of nitrogens with one attached hydrogen (secondary N) is 2. The molecule has 1 fully saturated rings. The average Bonchev–Trinajstić information content (AvgIpc) is 3.39. The van der Waals surface area contributed by atoms with Gasteiger partial charge in [-0.2, -0.15) is 5.10 Å². The van der Waals surface area contributed by atoms with Gasteiger partial charge in [-0.3, -0.25) is 9.89 Å². The van der Waals surface area contributed by atoms with Crippen molar-refractivity contribution in [3.63, 3.8) is 0 Å². The summed E-state index contributed by atoms with van der Waals surface area (Å²) in [6.45, 7) is 1.73. The van der Waals surface area contributed by atoms with Crippen LogP contribution >= 0.6 is 0 Å². The highest BCUT2D eigenvalue weighted by atomic mass is 32.2. The molecule has 28 heavy (non-hydrogen) atoms. The average molecular weight is 397 g/mol. The maximum atomic E-state index is 12.6. The fourth-order valence-corrected chi connectivity index (χ4v) is 3.41. The van der Waals surface area contributed by atoms with Gasteiger partial charge in [-0.05, 0) is 61.7 Å². The number of H-pyrrole nitrogens is 1. The molecule has 3 aromatic rings. The van der Waals surface area contributed by atoms with Gasteiger partial charge in [0.05, 0.1) is 4.90 Å². The Morgan fingerprint density at radius 3 is 2.54 bits per heavy atom. The molecule has 0 atom stereocenters. The van der Waals surface area contributed by atoms with E-state index in [1.54, 1.807) is 25.1 Å². The van der Waals surface area contributed by atoms with Gasteiger partial charge in [-0.25, -0.2) is 18.5 Å². The van der Waals surface area contributed by atoms with Crippen LogP contribution in [0.25, 0.3) is 11.4 Å². The molecule has 1 heterocycles. The number of aromatic amines is 1. The van der Waals surface area contributed by atoms with Crippen molar-refractivity contribution < 1.29 is 13.2 Å². The van der Waals surface area contributed by atoms with Crippen molar-refractivity contribution in [1.29, 1.82) is 0 Å². The summed E-state index contributed by atoms with van der Waals surface area (Å²) in [6, 6.07) is 11.4. The van der Waals surface area contributed by atoms with E-state index in [2.05, 4.69) is 20.5 Å². The van der Waals surface area contributed by atoms with Crippen molar-refractivity contribution in [2.24, 2.45) is 5.14 Å². The minimum atomic E-state index is -3.88. The second kappa shape index (κ2) is 6.84. The van der Waals surface area contributed by atoms with E-state index < -0.39 is 15.9 Å². The first-order valence-corrected chi connectivity index (χ1v) is 10.3. The molecule has 0 saturated heterocycles. The molecule has 8 nitrogen and oxygen atoms in total. The number of nitrogens with two attached hydrogens (primary N) is 1. The van der Waals surface area contributed by atoms with Crippen LogP contribution in [0.5, 0.6) is 0 Å². The number of anilines is 1. The highest BCUT2D eigenvalue weighted by molar-refractivity contribution is 7.89. The second-order valence-corrected chi connectivity index (χ2v) is 8.43. The zero-order valence-corrected chi connectivity index (χ0v) is 16.0. The molecule has 9 heteroatoms. The maximum absolute atomic E-state index is 12.6. The molecule has 1 aliphatic carbocycles. The molecule has 1 aromatic heterocycles. The normalized spacial score (nSPS) is 14.1. The molecule has 4 N–H and O–H groups in total. The maximum Gasteiger partial charge on any atom is 0.255 e. The summed E-state index contributed by atoms with van der Waals surface area (Å²) >= 11 is 0. The lowest BCUT2D eigenvalue weighted by atomic mass is 10.1. The summed E-state index contributed by atoms with van der Waals surface area (Å²) < 4.78 is 23.1. The van der Waals surface area contributed by atoms with Crippen LogP contribution in [0.3, 0.4) is 0 Å². The van der Waals surface area contributed by atoms with Gasteiger partial charge in [-0.15, -0.1) is 0 Å². The Hall–Kier alpha value is -3.04. The molecule has 0 unspecified atom stereocenters. The van der Waals surface area contributed by atoms with E-state index in [9.17, 15) is 13.2 Å². The standard InChI is InChI=1S/C19H19N5O3S/c1-11-2-9-15(28(20,26)27)10-16(11)19(25)21-14-7-5-13(6-8-14)18-22-17(23-24-18)12-3-4-12/h2,5-10,12H,3-4H2,1H3,(H,21,25)(H2,20,26,27)(H,22,23,24). The lowest BCUT2D eigenvalue weighted by Gasteiger charge is -2.09. The monoisotopic (exact) mass is 397 g/mol. The third-order valence-electron chi connectivity index (χ3n) is 4.65. The number of carbonyl (C=O) groups is 1. The van der Waals surface area contributed by atoms with Gasteiger partial charge >= 0.3 is 0 Å². The first kappa shape index (κ1) is 18.3. The topological polar surface area (TPSA) is 131 Å². The Kier molecular flexibility index (Phi) is 4.48. The molecule has 144 valence electrons. The number of aryl methyl sites for hydroxylation is 1. The van der Waals surface area contributed by atoms with Crippen LogP contribution < -0.4 is 10.5 Å². The summed E-state index contributed by atoms with van der Waals surface area (Å²) in [4.78, 5) is 17.0. The molecule has 4 rings (SSSR count). The SMILES string of the molecule is Cc1ccc(S(N)(=O)=O)cc1C(=O)Nc1ccc(-c2n[nH]c(C3CC3)n2)cc1. The van der Waals surface area contributed by atoms with Crippen molar-refractivity contribution in [3.8, 4) is 11.4 Å². The van der Waals surface area contributed by atoms with Crippen LogP contribution in [-0.4, -0.2) is 29.5 Å². The number of benzene rings is 2. The molecular weight excluding hydrogens is 378 g/mol. The number of amides is 1. The zero-order valence-electron chi connectivity index (χ0n) is 15.1. The van der Waals surface area contributed by atoms with Gasteiger partial charge < -0.3 is 5.32 Å². The van der Waals surface area contributed by atoms with Crippen LogP contribution in [0.2, 0.25) is 0 Å². The highest BCUT2D eigenvalue weighted by Crippen LogP contribution is 2.38. The summed E-state index contributed by atoms with van der Waals surface area (Å²) in [6.07, 6.45) is 2.29. The third kappa shape index (κ3) is 3.80. The van der Waals surface area contributed by atoms with Gasteiger partial charge in [0.2, 0.25) is 10.0 Å². The van der Waals surface area contributed by atoms with Crippen molar-refractivity contribution >= 4 is 21.6 Å². The Morgan fingerprint density at radius 2 is 1.89 bits per heavy atom. The molecule has 0 bridgehead atoms. The summed E-state index contributed by atoms with van der Waals surface area (Å²) in [5.41, 5.74) is 2.31.